The van der Waals surface area contributed by atoms with Crippen molar-refractivity contribution in [1.29, 1.82) is 0 Å². The highest BCUT2D eigenvalue weighted by atomic mass is 32.5. The monoisotopic (exact) mass is 222 g/mol. The van der Waals surface area contributed by atoms with Crippen LogP contribution in [-0.2, 0) is 20.9 Å². The molecule has 4 heteroatoms. The summed E-state index contributed by atoms with van der Waals surface area (Å²) in [5.74, 6) is 0. The molecule has 0 aliphatic rings. The summed E-state index contributed by atoms with van der Waals surface area (Å²) < 4.78 is 11.0. The molecular formula is C9H19O2PS. The molecule has 0 radical (unpaired) electrons. The number of rotatable bonds is 7. The summed E-state index contributed by atoms with van der Waals surface area (Å²) in [6.45, 7) is 8.99. The molecule has 0 spiro atoms. The SMILES string of the molecule is C=C(C)CCP(=S)(OCC)OCC. The highest BCUT2D eigenvalue weighted by Gasteiger charge is 2.16. The first-order valence-corrected chi connectivity index (χ1v) is 7.39. The third-order valence-corrected chi connectivity index (χ3v) is 4.72. The lowest BCUT2D eigenvalue weighted by Crippen LogP contribution is -2.00. The highest BCUT2D eigenvalue weighted by Crippen LogP contribution is 2.49. The minimum absolute atomic E-state index is 0.632. The molecular weight excluding hydrogens is 203 g/mol. The molecule has 0 saturated heterocycles. The fourth-order valence-electron chi connectivity index (χ4n) is 0.888. The summed E-state index contributed by atoms with van der Waals surface area (Å²) in [6, 6.07) is 0. The second kappa shape index (κ2) is 6.72. The summed E-state index contributed by atoms with van der Waals surface area (Å²) in [7, 11) is 0. The summed E-state index contributed by atoms with van der Waals surface area (Å²) in [5.41, 5.74) is 1.13. The van der Waals surface area contributed by atoms with Gasteiger partial charge in [-0.3, -0.25) is 0 Å². The van der Waals surface area contributed by atoms with Crippen molar-refractivity contribution in [3.8, 4) is 0 Å². The Bertz CT molecular complexity index is 194. The standard InChI is InChI=1S/C9H19O2PS/c1-5-10-12(13,11-6-2)8-7-9(3)4/h3,5-8H2,1-2,4H3. The Morgan fingerprint density at radius 2 is 1.77 bits per heavy atom. The third-order valence-electron chi connectivity index (χ3n) is 1.46. The Hall–Kier alpha value is 0.310. The molecule has 0 N–H and O–H groups in total. The van der Waals surface area contributed by atoms with Crippen molar-refractivity contribution >= 4 is 18.3 Å². The normalized spacial score (nSPS) is 11.6. The minimum atomic E-state index is -2.00. The van der Waals surface area contributed by atoms with E-state index in [-0.39, 0.29) is 0 Å². The molecule has 0 bridgehead atoms. The van der Waals surface area contributed by atoms with Crippen LogP contribution in [0.4, 0.5) is 0 Å². The fourth-order valence-corrected chi connectivity index (χ4v) is 3.57. The van der Waals surface area contributed by atoms with E-state index in [4.69, 9.17) is 20.9 Å². The Labute approximate surface area is 86.5 Å². The molecule has 0 saturated carbocycles. The van der Waals surface area contributed by atoms with Gasteiger partial charge in [-0.15, -0.1) is 6.58 Å². The second-order valence-corrected chi connectivity index (χ2v) is 6.73. The van der Waals surface area contributed by atoms with Crippen molar-refractivity contribution in [1.82, 2.24) is 0 Å². The van der Waals surface area contributed by atoms with E-state index in [0.29, 0.717) is 13.2 Å². The fraction of sp³-hybridized carbons (Fsp3) is 0.778. The van der Waals surface area contributed by atoms with Crippen molar-refractivity contribution in [2.45, 2.75) is 27.2 Å². The average Bonchev–Trinajstić information content (AvgIpc) is 2.02. The van der Waals surface area contributed by atoms with E-state index in [1.807, 2.05) is 20.8 Å². The van der Waals surface area contributed by atoms with Crippen LogP contribution in [0.15, 0.2) is 12.2 Å². The first kappa shape index (κ1) is 13.3. The van der Waals surface area contributed by atoms with Crippen molar-refractivity contribution in [3.05, 3.63) is 12.2 Å². The van der Waals surface area contributed by atoms with Crippen LogP contribution in [0, 0.1) is 0 Å². The third kappa shape index (κ3) is 6.39. The van der Waals surface area contributed by atoms with Gasteiger partial charge in [0.05, 0.1) is 13.2 Å². The van der Waals surface area contributed by atoms with Gasteiger partial charge < -0.3 is 9.05 Å². The molecule has 0 rings (SSSR count). The van der Waals surface area contributed by atoms with Gasteiger partial charge in [0.1, 0.15) is 0 Å². The molecule has 0 fully saturated rings. The van der Waals surface area contributed by atoms with Gasteiger partial charge in [-0.2, -0.15) is 0 Å². The van der Waals surface area contributed by atoms with Gasteiger partial charge in [-0.1, -0.05) is 5.57 Å². The lowest BCUT2D eigenvalue weighted by molar-refractivity contribution is 0.267. The zero-order valence-electron chi connectivity index (χ0n) is 8.71. The molecule has 0 aromatic rings. The van der Waals surface area contributed by atoms with Crippen LogP contribution in [0.3, 0.4) is 0 Å². The average molecular weight is 222 g/mol. The second-order valence-electron chi connectivity index (χ2n) is 2.88. The van der Waals surface area contributed by atoms with Crippen molar-refractivity contribution in [2.24, 2.45) is 0 Å². The van der Waals surface area contributed by atoms with Crippen LogP contribution in [0.1, 0.15) is 27.2 Å². The molecule has 0 aliphatic carbocycles. The maximum Gasteiger partial charge on any atom is 0.189 e. The first-order chi connectivity index (χ1) is 6.04. The first-order valence-electron chi connectivity index (χ1n) is 4.56. The lowest BCUT2D eigenvalue weighted by Gasteiger charge is -2.20. The van der Waals surface area contributed by atoms with Crippen LogP contribution in [0.25, 0.3) is 0 Å². The lowest BCUT2D eigenvalue weighted by atomic mass is 10.3. The molecule has 78 valence electrons. The summed E-state index contributed by atoms with van der Waals surface area (Å²) in [6.07, 6.45) is 1.70. The maximum atomic E-state index is 5.48. The molecule has 0 aromatic carbocycles. The predicted molar refractivity (Wildman–Crippen MR) is 61.8 cm³/mol. The molecule has 0 heterocycles. The Morgan fingerprint density at radius 1 is 1.31 bits per heavy atom. The van der Waals surface area contributed by atoms with Crippen LogP contribution in [0.5, 0.6) is 0 Å². The highest BCUT2D eigenvalue weighted by molar-refractivity contribution is 8.09. The van der Waals surface area contributed by atoms with Gasteiger partial charge in [-0.25, -0.2) is 0 Å². The van der Waals surface area contributed by atoms with Crippen LogP contribution in [-0.4, -0.2) is 19.4 Å². The van der Waals surface area contributed by atoms with Gasteiger partial charge in [-0.05, 0) is 39.0 Å². The Kier molecular flexibility index (Phi) is 6.88. The van der Waals surface area contributed by atoms with E-state index in [1.165, 1.54) is 0 Å². The summed E-state index contributed by atoms with van der Waals surface area (Å²) in [4.78, 5) is 0. The van der Waals surface area contributed by atoms with Gasteiger partial charge >= 0.3 is 0 Å². The Balaban J connectivity index is 4.07. The molecule has 0 unspecified atom stereocenters. The van der Waals surface area contributed by atoms with Gasteiger partial charge in [0.2, 0.25) is 0 Å². The smallest absolute Gasteiger partial charge is 0.189 e. The molecule has 0 aliphatic heterocycles. The molecule has 0 amide bonds. The van der Waals surface area contributed by atoms with Crippen LogP contribution < -0.4 is 0 Å². The predicted octanol–water partition coefficient (Wildman–Crippen LogP) is 3.34. The van der Waals surface area contributed by atoms with Gasteiger partial charge in [0, 0.05) is 6.16 Å². The zero-order valence-corrected chi connectivity index (χ0v) is 10.4. The largest absolute Gasteiger partial charge is 0.330 e. The number of hydrogen-bond donors (Lipinski definition) is 0. The maximum absolute atomic E-state index is 5.48. The van der Waals surface area contributed by atoms with E-state index in [1.54, 1.807) is 0 Å². The van der Waals surface area contributed by atoms with Crippen molar-refractivity contribution < 1.29 is 9.05 Å². The van der Waals surface area contributed by atoms with Crippen LogP contribution in [0.2, 0.25) is 0 Å². The molecule has 13 heavy (non-hydrogen) atoms. The summed E-state index contributed by atoms with van der Waals surface area (Å²) in [5, 5.41) is 0. The van der Waals surface area contributed by atoms with E-state index in [2.05, 4.69) is 6.58 Å². The summed E-state index contributed by atoms with van der Waals surface area (Å²) >= 11 is 5.34. The minimum Gasteiger partial charge on any atom is -0.330 e. The van der Waals surface area contributed by atoms with Crippen LogP contribution >= 0.6 is 6.49 Å². The molecule has 0 atom stereocenters. The van der Waals surface area contributed by atoms with Gasteiger partial charge in [0.25, 0.3) is 0 Å². The zero-order chi connectivity index (χ0) is 10.3. The van der Waals surface area contributed by atoms with Crippen molar-refractivity contribution in [3.63, 3.8) is 0 Å². The Morgan fingerprint density at radius 3 is 2.08 bits per heavy atom. The van der Waals surface area contributed by atoms with E-state index >= 15 is 0 Å². The van der Waals surface area contributed by atoms with E-state index in [9.17, 15) is 0 Å². The van der Waals surface area contributed by atoms with E-state index < -0.39 is 6.49 Å². The van der Waals surface area contributed by atoms with Gasteiger partial charge in [0.15, 0.2) is 6.49 Å². The van der Waals surface area contributed by atoms with E-state index in [0.717, 1.165) is 18.2 Å². The molecule has 2 nitrogen and oxygen atoms in total. The molecule has 0 aromatic heterocycles. The number of allylic oxidation sites excluding steroid dienone is 1. The quantitative estimate of drug-likeness (QED) is 0.486. The topological polar surface area (TPSA) is 18.5 Å². The number of hydrogen-bond acceptors (Lipinski definition) is 3. The van der Waals surface area contributed by atoms with Crippen molar-refractivity contribution in [2.75, 3.05) is 19.4 Å².